The molecular weight excluding hydrogens is 228 g/mol. The van der Waals surface area contributed by atoms with Gasteiger partial charge in [-0.2, -0.15) is 0 Å². The van der Waals surface area contributed by atoms with Gasteiger partial charge in [-0.05, 0) is 12.1 Å². The summed E-state index contributed by atoms with van der Waals surface area (Å²) in [5.74, 6) is 0. The van der Waals surface area contributed by atoms with Crippen LogP contribution >= 0.6 is 0 Å². The highest BCUT2D eigenvalue weighted by Gasteiger charge is 2.31. The summed E-state index contributed by atoms with van der Waals surface area (Å²) in [5.41, 5.74) is 0.469. The van der Waals surface area contributed by atoms with E-state index < -0.39 is 17.1 Å². The van der Waals surface area contributed by atoms with Crippen molar-refractivity contribution in [3.05, 3.63) is 34.4 Å². The molecule has 90 valence electrons. The van der Waals surface area contributed by atoms with Gasteiger partial charge in [0.2, 0.25) is 0 Å². The molecule has 1 aromatic carbocycles. The maximum Gasteiger partial charge on any atom is 0.414 e. The minimum atomic E-state index is -0.557. The Morgan fingerprint density at radius 3 is 2.59 bits per heavy atom. The zero-order valence-corrected chi connectivity index (χ0v) is 8.78. The summed E-state index contributed by atoms with van der Waals surface area (Å²) in [5, 5.41) is 19.3. The fraction of sp³-hybridized carbons (Fsp3) is 0.300. The van der Waals surface area contributed by atoms with Gasteiger partial charge < -0.3 is 9.84 Å². The number of aliphatic hydroxyl groups excluding tert-OH is 1. The fourth-order valence-corrected chi connectivity index (χ4v) is 1.58. The molecule has 1 aliphatic rings. The first-order valence-electron chi connectivity index (χ1n) is 4.95. The van der Waals surface area contributed by atoms with Gasteiger partial charge in [-0.25, -0.2) is 4.79 Å². The van der Waals surface area contributed by atoms with Crippen LogP contribution in [0.3, 0.4) is 0 Å². The van der Waals surface area contributed by atoms with E-state index in [1.165, 1.54) is 29.2 Å². The molecule has 17 heavy (non-hydrogen) atoms. The summed E-state index contributed by atoms with van der Waals surface area (Å²) >= 11 is 0. The van der Waals surface area contributed by atoms with E-state index in [1.54, 1.807) is 0 Å². The molecule has 1 saturated heterocycles. The van der Waals surface area contributed by atoms with E-state index >= 15 is 0 Å². The third-order valence-electron chi connectivity index (χ3n) is 2.45. The maximum absolute atomic E-state index is 11.4. The number of carbonyl (C=O) groups is 1. The number of benzene rings is 1. The largest absolute Gasteiger partial charge is 0.441 e. The molecule has 7 nitrogen and oxygen atoms in total. The monoisotopic (exact) mass is 238 g/mol. The van der Waals surface area contributed by atoms with E-state index in [0.29, 0.717) is 5.69 Å². The SMILES string of the molecule is O=C1OC(CO)CN1c1ccc([N+](=O)[O-])cc1. The zero-order chi connectivity index (χ0) is 12.4. The molecule has 1 fully saturated rings. The van der Waals surface area contributed by atoms with Gasteiger partial charge in [0.05, 0.1) is 18.1 Å². The maximum atomic E-state index is 11.4. The van der Waals surface area contributed by atoms with Crippen molar-refractivity contribution in [1.29, 1.82) is 0 Å². The number of aliphatic hydroxyl groups is 1. The number of nitro benzene ring substituents is 1. The number of rotatable bonds is 3. The van der Waals surface area contributed by atoms with Crippen molar-refractivity contribution >= 4 is 17.5 Å². The molecule has 1 amide bonds. The molecule has 0 bridgehead atoms. The third-order valence-corrected chi connectivity index (χ3v) is 2.45. The van der Waals surface area contributed by atoms with E-state index in [4.69, 9.17) is 9.84 Å². The van der Waals surface area contributed by atoms with Crippen LogP contribution in [0.1, 0.15) is 0 Å². The van der Waals surface area contributed by atoms with Crippen LogP contribution in [0.25, 0.3) is 0 Å². The van der Waals surface area contributed by atoms with Crippen molar-refractivity contribution in [2.24, 2.45) is 0 Å². The molecule has 1 atom stereocenters. The van der Waals surface area contributed by atoms with Crippen molar-refractivity contribution < 1.29 is 19.6 Å². The molecule has 1 heterocycles. The summed E-state index contributed by atoms with van der Waals surface area (Å²) in [7, 11) is 0. The van der Waals surface area contributed by atoms with E-state index in [9.17, 15) is 14.9 Å². The average Bonchev–Trinajstić information content (AvgIpc) is 2.71. The normalized spacial score (nSPS) is 19.2. The van der Waals surface area contributed by atoms with Gasteiger partial charge in [-0.1, -0.05) is 0 Å². The Morgan fingerprint density at radius 2 is 2.12 bits per heavy atom. The van der Waals surface area contributed by atoms with Crippen molar-refractivity contribution in [2.45, 2.75) is 6.10 Å². The molecule has 1 aliphatic heterocycles. The van der Waals surface area contributed by atoms with E-state index in [1.807, 2.05) is 0 Å². The zero-order valence-electron chi connectivity index (χ0n) is 8.78. The predicted molar refractivity (Wildman–Crippen MR) is 57.8 cm³/mol. The van der Waals surface area contributed by atoms with Crippen LogP contribution in [0, 0.1) is 10.1 Å². The highest BCUT2D eigenvalue weighted by molar-refractivity contribution is 5.89. The van der Waals surface area contributed by atoms with Gasteiger partial charge in [0.15, 0.2) is 0 Å². The van der Waals surface area contributed by atoms with Crippen molar-refractivity contribution in [2.75, 3.05) is 18.1 Å². The number of ether oxygens (including phenoxy) is 1. The Balaban J connectivity index is 2.18. The highest BCUT2D eigenvalue weighted by Crippen LogP contribution is 2.23. The number of hydrogen-bond donors (Lipinski definition) is 1. The smallest absolute Gasteiger partial charge is 0.414 e. The standard InChI is InChI=1S/C10H10N2O5/c13-6-9-5-11(10(14)17-9)7-1-3-8(4-2-7)12(15)16/h1-4,9,13H,5-6H2. The second-order valence-electron chi connectivity index (χ2n) is 3.57. The van der Waals surface area contributed by atoms with Gasteiger partial charge in [-0.15, -0.1) is 0 Å². The molecule has 2 rings (SSSR count). The van der Waals surface area contributed by atoms with E-state index in [2.05, 4.69) is 0 Å². The molecule has 7 heteroatoms. The van der Waals surface area contributed by atoms with Crippen LogP contribution in [0.15, 0.2) is 24.3 Å². The third kappa shape index (κ3) is 2.18. The number of nitrogens with zero attached hydrogens (tertiary/aromatic N) is 2. The van der Waals surface area contributed by atoms with Gasteiger partial charge in [0, 0.05) is 17.8 Å². The lowest BCUT2D eigenvalue weighted by Gasteiger charge is -2.11. The van der Waals surface area contributed by atoms with Crippen molar-refractivity contribution in [3.63, 3.8) is 0 Å². The van der Waals surface area contributed by atoms with Crippen LogP contribution in [0.4, 0.5) is 16.2 Å². The van der Waals surface area contributed by atoms with Crippen molar-refractivity contribution in [1.82, 2.24) is 0 Å². The highest BCUT2D eigenvalue weighted by atomic mass is 16.6. The number of anilines is 1. The van der Waals surface area contributed by atoms with Gasteiger partial charge in [0.1, 0.15) is 6.10 Å². The number of nitro groups is 1. The molecule has 1 N–H and O–H groups in total. The molecule has 0 spiro atoms. The van der Waals surface area contributed by atoms with Gasteiger partial charge >= 0.3 is 6.09 Å². The minimum absolute atomic E-state index is 0.0416. The Hall–Kier alpha value is -2.15. The second kappa shape index (κ2) is 4.38. The summed E-state index contributed by atoms with van der Waals surface area (Å²) in [6, 6.07) is 5.57. The number of non-ortho nitro benzene ring substituents is 1. The molecule has 0 aliphatic carbocycles. The lowest BCUT2D eigenvalue weighted by Crippen LogP contribution is -2.25. The first-order valence-corrected chi connectivity index (χ1v) is 4.95. The first kappa shape index (κ1) is 11.3. The Morgan fingerprint density at radius 1 is 1.47 bits per heavy atom. The summed E-state index contributed by atoms with van der Waals surface area (Å²) in [6.07, 6.45) is -1.10. The van der Waals surface area contributed by atoms with Gasteiger partial charge in [-0.3, -0.25) is 15.0 Å². The lowest BCUT2D eigenvalue weighted by molar-refractivity contribution is -0.384. The number of carbonyl (C=O) groups excluding carboxylic acids is 1. The van der Waals surface area contributed by atoms with Crippen LogP contribution in [-0.4, -0.2) is 35.4 Å². The summed E-state index contributed by atoms with van der Waals surface area (Å²) < 4.78 is 4.86. The van der Waals surface area contributed by atoms with Crippen LogP contribution in [0.2, 0.25) is 0 Å². The number of hydrogen-bond acceptors (Lipinski definition) is 5. The predicted octanol–water partition coefficient (Wildman–Crippen LogP) is 0.912. The molecule has 0 saturated carbocycles. The topological polar surface area (TPSA) is 92.9 Å². The summed E-state index contributed by atoms with van der Waals surface area (Å²) in [4.78, 5) is 22.7. The van der Waals surface area contributed by atoms with E-state index in [0.717, 1.165) is 0 Å². The van der Waals surface area contributed by atoms with Crippen LogP contribution < -0.4 is 4.90 Å². The molecule has 0 radical (unpaired) electrons. The second-order valence-corrected chi connectivity index (χ2v) is 3.57. The van der Waals surface area contributed by atoms with Crippen LogP contribution in [-0.2, 0) is 4.74 Å². The quantitative estimate of drug-likeness (QED) is 0.624. The van der Waals surface area contributed by atoms with Gasteiger partial charge in [0.25, 0.3) is 5.69 Å². The number of amides is 1. The Labute approximate surface area is 96.4 Å². The number of cyclic esters (lactones) is 1. The van der Waals surface area contributed by atoms with E-state index in [-0.39, 0.29) is 18.8 Å². The molecule has 1 aromatic rings. The average molecular weight is 238 g/mol. The molecule has 0 aromatic heterocycles. The summed E-state index contributed by atoms with van der Waals surface area (Å²) in [6.45, 7) is 0.00235. The Bertz CT molecular complexity index is 445. The lowest BCUT2D eigenvalue weighted by atomic mass is 10.2. The molecule has 1 unspecified atom stereocenters. The molecular formula is C10H10N2O5. The Kier molecular flexibility index (Phi) is 2.92. The van der Waals surface area contributed by atoms with Crippen molar-refractivity contribution in [3.8, 4) is 0 Å². The first-order chi connectivity index (χ1) is 8.11. The van der Waals surface area contributed by atoms with Crippen LogP contribution in [0.5, 0.6) is 0 Å². The fourth-order valence-electron chi connectivity index (χ4n) is 1.58. The minimum Gasteiger partial charge on any atom is -0.441 e.